The third-order valence-corrected chi connectivity index (χ3v) is 5.46. The Kier molecular flexibility index (Phi) is 3.27. The van der Waals surface area contributed by atoms with Gasteiger partial charge < -0.3 is 4.74 Å². The number of ether oxygens (including phenoxy) is 1. The molecule has 2 aliphatic carbocycles. The molecular weight excluding hydrogens is 244 g/mol. The number of hydrogen-bond donors (Lipinski definition) is 0. The molecule has 0 radical (unpaired) electrons. The lowest BCUT2D eigenvalue weighted by Gasteiger charge is -2.51. The number of hydrogen-bond acceptors (Lipinski definition) is 1. The van der Waals surface area contributed by atoms with Crippen LogP contribution >= 0.6 is 11.6 Å². The summed E-state index contributed by atoms with van der Waals surface area (Å²) in [6.07, 6.45) is 7.52. The molecule has 2 unspecified atom stereocenters. The lowest BCUT2D eigenvalue weighted by atomic mass is 9.64. The summed E-state index contributed by atoms with van der Waals surface area (Å²) in [5, 5.41) is 0.332. The van der Waals surface area contributed by atoms with Gasteiger partial charge in [-0.15, -0.1) is 11.6 Å². The van der Waals surface area contributed by atoms with Gasteiger partial charge in [0.05, 0.1) is 0 Å². The number of alkyl halides is 1. The first-order valence-electron chi connectivity index (χ1n) is 7.15. The van der Waals surface area contributed by atoms with Crippen molar-refractivity contribution in [3.05, 3.63) is 29.8 Å². The van der Waals surface area contributed by atoms with Crippen molar-refractivity contribution in [3.63, 3.8) is 0 Å². The van der Waals surface area contributed by atoms with Crippen LogP contribution in [-0.2, 0) is 6.42 Å². The molecule has 1 aromatic rings. The molecule has 0 bridgehead atoms. The van der Waals surface area contributed by atoms with Gasteiger partial charge in [0.15, 0.2) is 0 Å². The van der Waals surface area contributed by atoms with Gasteiger partial charge in [-0.25, -0.2) is 0 Å². The molecule has 1 aromatic carbocycles. The average molecular weight is 265 g/mol. The van der Waals surface area contributed by atoms with Crippen molar-refractivity contribution in [1.29, 1.82) is 0 Å². The number of aryl methyl sites for hydroxylation is 1. The van der Waals surface area contributed by atoms with Crippen molar-refractivity contribution in [2.75, 3.05) is 0 Å². The van der Waals surface area contributed by atoms with Crippen LogP contribution in [0.1, 0.15) is 44.6 Å². The molecule has 0 amide bonds. The minimum Gasteiger partial charge on any atom is -0.489 e. The zero-order valence-electron chi connectivity index (χ0n) is 11.0. The molecule has 2 aliphatic rings. The molecule has 0 aromatic heterocycles. The molecule has 0 aliphatic heterocycles. The summed E-state index contributed by atoms with van der Waals surface area (Å²) in [6.45, 7) is 2.18. The van der Waals surface area contributed by atoms with Crippen LogP contribution in [0.5, 0.6) is 5.75 Å². The van der Waals surface area contributed by atoms with E-state index < -0.39 is 0 Å². The number of benzene rings is 1. The predicted molar refractivity (Wildman–Crippen MR) is 75.4 cm³/mol. The Labute approximate surface area is 114 Å². The predicted octanol–water partition coefficient (Wildman–Crippen LogP) is 4.57. The van der Waals surface area contributed by atoms with Gasteiger partial charge in [-0.3, -0.25) is 0 Å². The number of para-hydroxylation sites is 1. The van der Waals surface area contributed by atoms with Crippen molar-refractivity contribution in [3.8, 4) is 5.75 Å². The second-order valence-electron chi connectivity index (χ2n) is 5.71. The van der Waals surface area contributed by atoms with Gasteiger partial charge in [-0.1, -0.05) is 38.0 Å². The minimum absolute atomic E-state index is 0.280. The van der Waals surface area contributed by atoms with E-state index in [1.807, 2.05) is 0 Å². The Morgan fingerprint density at radius 3 is 2.67 bits per heavy atom. The summed E-state index contributed by atoms with van der Waals surface area (Å²) >= 11 is 6.47. The molecule has 1 spiro atoms. The molecule has 3 rings (SSSR count). The van der Waals surface area contributed by atoms with Crippen LogP contribution in [0.25, 0.3) is 0 Å². The van der Waals surface area contributed by atoms with Crippen molar-refractivity contribution >= 4 is 11.6 Å². The molecule has 2 fully saturated rings. The lowest BCUT2D eigenvalue weighted by Crippen LogP contribution is -2.55. The van der Waals surface area contributed by atoms with Gasteiger partial charge in [0.2, 0.25) is 0 Å². The van der Waals surface area contributed by atoms with Crippen molar-refractivity contribution in [2.45, 2.75) is 56.9 Å². The average Bonchev–Trinajstić information content (AvgIpc) is 2.91. The Morgan fingerprint density at radius 1 is 1.28 bits per heavy atom. The SMILES string of the molecule is CCc1ccccc1OC1CC(Cl)C12CCCC2. The van der Waals surface area contributed by atoms with Crippen LogP contribution in [0, 0.1) is 5.41 Å². The molecule has 98 valence electrons. The highest BCUT2D eigenvalue weighted by atomic mass is 35.5. The summed E-state index contributed by atoms with van der Waals surface area (Å²) in [4.78, 5) is 0. The van der Waals surface area contributed by atoms with Gasteiger partial charge in [0.25, 0.3) is 0 Å². The Balaban J connectivity index is 1.77. The third kappa shape index (κ3) is 1.84. The van der Waals surface area contributed by atoms with Crippen LogP contribution in [0.15, 0.2) is 24.3 Å². The van der Waals surface area contributed by atoms with Gasteiger partial charge in [0, 0.05) is 17.2 Å². The molecule has 0 heterocycles. The summed E-state index contributed by atoms with van der Waals surface area (Å²) in [6, 6.07) is 8.41. The van der Waals surface area contributed by atoms with Crippen LogP contribution in [0.3, 0.4) is 0 Å². The molecule has 2 heteroatoms. The Morgan fingerprint density at radius 2 is 2.00 bits per heavy atom. The van der Waals surface area contributed by atoms with Gasteiger partial charge >= 0.3 is 0 Å². The van der Waals surface area contributed by atoms with E-state index in [2.05, 4.69) is 31.2 Å². The normalized spacial score (nSPS) is 29.2. The van der Waals surface area contributed by atoms with E-state index in [1.165, 1.54) is 31.2 Å². The van der Waals surface area contributed by atoms with E-state index in [0.29, 0.717) is 11.5 Å². The second-order valence-corrected chi connectivity index (χ2v) is 6.24. The molecule has 1 nitrogen and oxygen atoms in total. The maximum atomic E-state index is 6.47. The van der Waals surface area contributed by atoms with E-state index in [4.69, 9.17) is 16.3 Å². The van der Waals surface area contributed by atoms with E-state index in [-0.39, 0.29) is 5.41 Å². The standard InChI is InChI=1S/C16H21ClO/c1-2-12-7-3-4-8-13(12)18-15-11-14(17)16(15)9-5-6-10-16/h3-4,7-8,14-15H,2,5-6,9-11H2,1H3. The first-order chi connectivity index (χ1) is 8.76. The minimum atomic E-state index is 0.280. The Hall–Kier alpha value is -0.690. The van der Waals surface area contributed by atoms with Gasteiger partial charge in [-0.2, -0.15) is 0 Å². The highest BCUT2D eigenvalue weighted by Crippen LogP contribution is 2.57. The van der Waals surface area contributed by atoms with Gasteiger partial charge in [-0.05, 0) is 30.9 Å². The third-order valence-electron chi connectivity index (χ3n) is 4.84. The monoisotopic (exact) mass is 264 g/mol. The lowest BCUT2D eigenvalue weighted by molar-refractivity contribution is -0.0360. The van der Waals surface area contributed by atoms with E-state index in [0.717, 1.165) is 18.6 Å². The quantitative estimate of drug-likeness (QED) is 0.727. The zero-order valence-corrected chi connectivity index (χ0v) is 11.7. The van der Waals surface area contributed by atoms with E-state index in [1.54, 1.807) is 0 Å². The van der Waals surface area contributed by atoms with Crippen molar-refractivity contribution in [2.24, 2.45) is 5.41 Å². The highest BCUT2D eigenvalue weighted by Gasteiger charge is 2.57. The fourth-order valence-corrected chi connectivity index (χ4v) is 4.12. The molecule has 2 saturated carbocycles. The molecule has 0 saturated heterocycles. The van der Waals surface area contributed by atoms with Crippen molar-refractivity contribution in [1.82, 2.24) is 0 Å². The van der Waals surface area contributed by atoms with E-state index >= 15 is 0 Å². The van der Waals surface area contributed by atoms with Crippen molar-refractivity contribution < 1.29 is 4.74 Å². The first-order valence-corrected chi connectivity index (χ1v) is 7.58. The summed E-state index contributed by atoms with van der Waals surface area (Å²) < 4.78 is 6.30. The number of rotatable bonds is 3. The van der Waals surface area contributed by atoms with Crippen LogP contribution in [-0.4, -0.2) is 11.5 Å². The number of halogens is 1. The molecule has 18 heavy (non-hydrogen) atoms. The molecule has 0 N–H and O–H groups in total. The van der Waals surface area contributed by atoms with Crippen LogP contribution in [0.2, 0.25) is 0 Å². The maximum absolute atomic E-state index is 6.47. The largest absolute Gasteiger partial charge is 0.489 e. The fourth-order valence-electron chi connectivity index (χ4n) is 3.60. The topological polar surface area (TPSA) is 9.23 Å². The van der Waals surface area contributed by atoms with E-state index in [9.17, 15) is 0 Å². The smallest absolute Gasteiger partial charge is 0.122 e. The molecule has 2 atom stereocenters. The summed E-state index contributed by atoms with van der Waals surface area (Å²) in [5.41, 5.74) is 1.59. The fraction of sp³-hybridized carbons (Fsp3) is 0.625. The first kappa shape index (κ1) is 12.3. The summed E-state index contributed by atoms with van der Waals surface area (Å²) in [5.74, 6) is 1.07. The Bertz CT molecular complexity index is 423. The maximum Gasteiger partial charge on any atom is 0.122 e. The van der Waals surface area contributed by atoms with Crippen LogP contribution in [0.4, 0.5) is 0 Å². The second kappa shape index (κ2) is 4.77. The van der Waals surface area contributed by atoms with Gasteiger partial charge in [0.1, 0.15) is 11.9 Å². The molecular formula is C16H21ClO. The summed E-state index contributed by atoms with van der Waals surface area (Å²) in [7, 11) is 0. The zero-order chi connectivity index (χ0) is 12.6. The van der Waals surface area contributed by atoms with Crippen LogP contribution < -0.4 is 4.74 Å². The highest BCUT2D eigenvalue weighted by molar-refractivity contribution is 6.21.